The lowest BCUT2D eigenvalue weighted by Gasteiger charge is -2.28. The van der Waals surface area contributed by atoms with Crippen LogP contribution in [0.4, 0.5) is 4.39 Å². The van der Waals surface area contributed by atoms with Gasteiger partial charge in [-0.15, -0.1) is 11.3 Å². The molecule has 1 aromatic carbocycles. The van der Waals surface area contributed by atoms with Crippen molar-refractivity contribution in [3.8, 4) is 11.8 Å². The molecular weight excluding hydrogens is 579 g/mol. The fourth-order valence-electron chi connectivity index (χ4n) is 4.59. The molecule has 2 heterocycles. The fraction of sp³-hybridized carbons (Fsp3) is 0.500. The second kappa shape index (κ2) is 13.5. The van der Waals surface area contributed by atoms with Gasteiger partial charge < -0.3 is 19.5 Å². The number of hydrogen-bond acceptors (Lipinski definition) is 9. The number of esters is 1. The van der Waals surface area contributed by atoms with Crippen molar-refractivity contribution in [2.45, 2.75) is 72.7 Å². The average Bonchev–Trinajstić information content (AvgIpc) is 3.29. The zero-order valence-electron chi connectivity index (χ0n) is 25.6. The highest BCUT2D eigenvalue weighted by atomic mass is 32.1. The highest BCUT2D eigenvalue weighted by molar-refractivity contribution is 7.20. The number of rotatable bonds is 12. The van der Waals surface area contributed by atoms with Gasteiger partial charge in [0.2, 0.25) is 5.91 Å². The van der Waals surface area contributed by atoms with Crippen molar-refractivity contribution in [3.05, 3.63) is 60.9 Å². The Morgan fingerprint density at radius 3 is 2.47 bits per heavy atom. The molecule has 2 atom stereocenters. The van der Waals surface area contributed by atoms with Crippen LogP contribution in [0.2, 0.25) is 0 Å². The summed E-state index contributed by atoms with van der Waals surface area (Å²) >= 11 is 0.906. The molecule has 2 aromatic heterocycles. The summed E-state index contributed by atoms with van der Waals surface area (Å²) in [4.78, 5) is 54.7. The zero-order chi connectivity index (χ0) is 32.2. The summed E-state index contributed by atoms with van der Waals surface area (Å²) in [5, 5.41) is 12.2. The van der Waals surface area contributed by atoms with Gasteiger partial charge in [-0.3, -0.25) is 14.2 Å². The average molecular weight is 617 g/mol. The van der Waals surface area contributed by atoms with Crippen LogP contribution in [0.1, 0.15) is 68.4 Å². The maximum Gasteiger partial charge on any atom is 0.348 e. The zero-order valence-corrected chi connectivity index (χ0v) is 26.4. The molecule has 0 spiro atoms. The summed E-state index contributed by atoms with van der Waals surface area (Å²) < 4.78 is 33.3. The molecular formula is C30H37FN4O7S. The Morgan fingerprint density at radius 1 is 1.21 bits per heavy atom. The molecule has 11 nitrogen and oxygen atoms in total. The summed E-state index contributed by atoms with van der Waals surface area (Å²) in [5.41, 5.74) is -2.67. The van der Waals surface area contributed by atoms with Gasteiger partial charge in [0.05, 0.1) is 44.2 Å². The number of carbonyl (C=O) groups excluding carboxylic acids is 2. The summed E-state index contributed by atoms with van der Waals surface area (Å²) in [6.07, 6.45) is -1.03. The number of fused-ring (bicyclic) bond motifs is 1. The summed E-state index contributed by atoms with van der Waals surface area (Å²) in [6, 6.07) is 5.65. The maximum absolute atomic E-state index is 14.5. The van der Waals surface area contributed by atoms with Crippen molar-refractivity contribution in [1.29, 1.82) is 5.26 Å². The number of hydrogen-bond donors (Lipinski definition) is 1. The third-order valence-electron chi connectivity index (χ3n) is 6.86. The van der Waals surface area contributed by atoms with E-state index in [0.717, 1.165) is 15.9 Å². The first-order chi connectivity index (χ1) is 20.2. The number of benzene rings is 1. The normalized spacial score (nSPS) is 13.0. The molecule has 0 aliphatic carbocycles. The number of nitrogens with zero attached hydrogens (tertiary/aromatic N) is 3. The number of carbonyl (C=O) groups is 2. The lowest BCUT2D eigenvalue weighted by Crippen LogP contribution is -2.56. The summed E-state index contributed by atoms with van der Waals surface area (Å²) in [7, 11) is 1.40. The number of ether oxygens (including phenoxy) is 3. The van der Waals surface area contributed by atoms with E-state index in [0.29, 0.717) is 5.56 Å². The van der Waals surface area contributed by atoms with E-state index in [2.05, 4.69) is 11.4 Å². The van der Waals surface area contributed by atoms with Crippen LogP contribution < -0.4 is 21.3 Å². The Labute approximate surface area is 252 Å². The van der Waals surface area contributed by atoms with Crippen LogP contribution in [0, 0.1) is 30.0 Å². The van der Waals surface area contributed by atoms with E-state index in [4.69, 9.17) is 14.2 Å². The van der Waals surface area contributed by atoms with E-state index in [1.165, 1.54) is 43.7 Å². The van der Waals surface area contributed by atoms with E-state index in [1.54, 1.807) is 34.6 Å². The Morgan fingerprint density at radius 2 is 1.88 bits per heavy atom. The van der Waals surface area contributed by atoms with Gasteiger partial charge in [-0.1, -0.05) is 0 Å². The van der Waals surface area contributed by atoms with E-state index in [1.807, 2.05) is 0 Å². The second-order valence-corrected chi connectivity index (χ2v) is 11.9. The van der Waals surface area contributed by atoms with Crippen molar-refractivity contribution >= 4 is 33.4 Å². The molecule has 0 radical (unpaired) electrons. The molecule has 0 saturated carbocycles. The van der Waals surface area contributed by atoms with Gasteiger partial charge in [0, 0.05) is 11.6 Å². The molecule has 232 valence electrons. The van der Waals surface area contributed by atoms with Crippen LogP contribution in [0.5, 0.6) is 5.75 Å². The molecule has 3 rings (SSSR count). The Bertz CT molecular complexity index is 1680. The Balaban J connectivity index is 2.40. The minimum absolute atomic E-state index is 0.0573. The first-order valence-electron chi connectivity index (χ1n) is 13.8. The molecule has 0 unspecified atom stereocenters. The van der Waals surface area contributed by atoms with E-state index in [-0.39, 0.29) is 52.2 Å². The van der Waals surface area contributed by atoms with Crippen molar-refractivity contribution in [2.75, 3.05) is 20.3 Å². The monoisotopic (exact) mass is 616 g/mol. The highest BCUT2D eigenvalue weighted by Crippen LogP contribution is 2.34. The van der Waals surface area contributed by atoms with Crippen LogP contribution in [0.3, 0.4) is 0 Å². The van der Waals surface area contributed by atoms with Crippen molar-refractivity contribution in [1.82, 2.24) is 14.5 Å². The summed E-state index contributed by atoms with van der Waals surface area (Å²) in [6.45, 7) is 11.1. The van der Waals surface area contributed by atoms with Crippen LogP contribution in [0.25, 0.3) is 10.2 Å². The standard InChI is InChI=1S/C30H37FN4O7S/c1-9-41-27(37)24-18(5)23-25(36)35(30(6,7)28(38)33-16(2)3)29(39)34(26(23)43-24)14-22(42-15-17(4)13-32)20-12-19(31)10-11-21(20)40-8/h10-12,16-17,22H,9,14-15H2,1-8H3,(H,33,38)/t17-,22+/m1/s1. The van der Waals surface area contributed by atoms with E-state index >= 15 is 0 Å². The second-order valence-electron chi connectivity index (χ2n) is 10.9. The Kier molecular flexibility index (Phi) is 10.5. The smallest absolute Gasteiger partial charge is 0.348 e. The first kappa shape index (κ1) is 33.5. The first-order valence-corrected chi connectivity index (χ1v) is 14.6. The topological polar surface area (TPSA) is 142 Å². The summed E-state index contributed by atoms with van der Waals surface area (Å²) in [5.74, 6) is -2.06. The van der Waals surface area contributed by atoms with Crippen molar-refractivity contribution < 1.29 is 28.2 Å². The van der Waals surface area contributed by atoms with Crippen LogP contribution in [-0.4, -0.2) is 47.4 Å². The van der Waals surface area contributed by atoms with Crippen LogP contribution in [0.15, 0.2) is 27.8 Å². The quantitative estimate of drug-likeness (QED) is 0.301. The minimum atomic E-state index is -1.64. The van der Waals surface area contributed by atoms with E-state index in [9.17, 15) is 28.8 Å². The van der Waals surface area contributed by atoms with Gasteiger partial charge in [-0.2, -0.15) is 5.26 Å². The van der Waals surface area contributed by atoms with E-state index < -0.39 is 46.5 Å². The third-order valence-corrected chi connectivity index (χ3v) is 8.16. The number of aryl methyl sites for hydroxylation is 1. The number of aromatic nitrogens is 2. The predicted molar refractivity (Wildman–Crippen MR) is 160 cm³/mol. The molecule has 43 heavy (non-hydrogen) atoms. The van der Waals surface area contributed by atoms with Gasteiger partial charge in [0.15, 0.2) is 0 Å². The third kappa shape index (κ3) is 6.81. The van der Waals surface area contributed by atoms with Gasteiger partial charge in [0.25, 0.3) is 5.56 Å². The fourth-order valence-corrected chi connectivity index (χ4v) is 5.79. The van der Waals surface area contributed by atoms with Gasteiger partial charge in [0.1, 0.15) is 32.9 Å². The number of thiophene rings is 1. The number of amides is 1. The molecule has 1 amide bonds. The lowest BCUT2D eigenvalue weighted by molar-refractivity contribution is -0.129. The largest absolute Gasteiger partial charge is 0.496 e. The lowest BCUT2D eigenvalue weighted by atomic mass is 10.0. The predicted octanol–water partition coefficient (Wildman–Crippen LogP) is 4.03. The number of nitriles is 1. The molecule has 0 saturated heterocycles. The number of nitrogens with one attached hydrogen (secondary N) is 1. The van der Waals surface area contributed by atoms with Crippen molar-refractivity contribution in [2.24, 2.45) is 5.92 Å². The van der Waals surface area contributed by atoms with Gasteiger partial charge in [-0.05, 0) is 72.2 Å². The molecule has 1 N–H and O–H groups in total. The molecule has 0 fully saturated rings. The molecule has 0 aliphatic rings. The molecule has 0 aliphatic heterocycles. The maximum atomic E-state index is 14.5. The van der Waals surface area contributed by atoms with Gasteiger partial charge in [-0.25, -0.2) is 18.5 Å². The van der Waals surface area contributed by atoms with Crippen LogP contribution in [-0.2, 0) is 26.4 Å². The highest BCUT2D eigenvalue weighted by Gasteiger charge is 2.36. The molecule has 3 aromatic rings. The van der Waals surface area contributed by atoms with Crippen LogP contribution >= 0.6 is 11.3 Å². The minimum Gasteiger partial charge on any atom is -0.496 e. The van der Waals surface area contributed by atoms with Gasteiger partial charge >= 0.3 is 11.7 Å². The number of methoxy groups -OCH3 is 1. The molecule has 13 heteroatoms. The molecule has 0 bridgehead atoms. The SMILES string of the molecule is CCOC(=O)c1sc2c(c1C)c(=O)n(C(C)(C)C(=O)NC(C)C)c(=O)n2C[C@H](OC[C@H](C)C#N)c1cc(F)ccc1OC. The Hall–Kier alpha value is -4.02. The van der Waals surface area contributed by atoms with Crippen molar-refractivity contribution in [3.63, 3.8) is 0 Å². The number of halogens is 1.